The Morgan fingerprint density at radius 1 is 1.45 bits per heavy atom. The van der Waals surface area contributed by atoms with Crippen molar-refractivity contribution >= 4 is 45.2 Å². The number of hydrogen-bond acceptors (Lipinski definition) is 3. The van der Waals surface area contributed by atoms with Crippen LogP contribution in [0.4, 0.5) is 5.69 Å². The van der Waals surface area contributed by atoms with Crippen molar-refractivity contribution in [3.05, 3.63) is 74.7 Å². The maximum atomic E-state index is 12.6. The Morgan fingerprint density at radius 2 is 2.21 bits per heavy atom. The van der Waals surface area contributed by atoms with Crippen LogP contribution in [-0.2, 0) is 11.2 Å². The van der Waals surface area contributed by atoms with E-state index in [4.69, 9.17) is 22.8 Å². The number of anilines is 1. The average molecular weight is 470 g/mol. The van der Waals surface area contributed by atoms with Crippen molar-refractivity contribution in [3.8, 4) is 24.2 Å². The Morgan fingerprint density at radius 3 is 2.86 bits per heavy atom. The molecule has 0 aliphatic heterocycles. The summed E-state index contributed by atoms with van der Waals surface area (Å²) in [5.41, 5.74) is 2.73. The summed E-state index contributed by atoms with van der Waals surface area (Å²) in [5.74, 6) is 2.52. The predicted molar refractivity (Wildman–Crippen MR) is 121 cm³/mol. The van der Waals surface area contributed by atoms with Gasteiger partial charge in [0, 0.05) is 10.7 Å². The van der Waals surface area contributed by atoms with Gasteiger partial charge in [-0.1, -0.05) is 29.7 Å². The first-order chi connectivity index (χ1) is 13.9. The van der Waals surface area contributed by atoms with Crippen molar-refractivity contribution in [1.82, 2.24) is 0 Å². The Labute approximate surface area is 184 Å². The maximum absolute atomic E-state index is 12.6. The lowest BCUT2D eigenvalue weighted by Gasteiger charge is -2.12. The van der Waals surface area contributed by atoms with E-state index < -0.39 is 5.91 Å². The van der Waals surface area contributed by atoms with E-state index in [0.717, 1.165) is 11.1 Å². The highest BCUT2D eigenvalue weighted by atomic mass is 79.9. The maximum Gasteiger partial charge on any atom is 0.266 e. The van der Waals surface area contributed by atoms with Crippen molar-refractivity contribution < 1.29 is 9.53 Å². The van der Waals surface area contributed by atoms with Gasteiger partial charge in [0.1, 0.15) is 24.0 Å². The molecule has 0 aromatic heterocycles. The monoisotopic (exact) mass is 468 g/mol. The molecule has 2 aromatic carbocycles. The molecule has 0 saturated heterocycles. The fraction of sp³-hybridized carbons (Fsp3) is 0.130. The minimum absolute atomic E-state index is 0.0434. The number of terminal acetylenes is 1. The highest BCUT2D eigenvalue weighted by molar-refractivity contribution is 9.10. The van der Waals surface area contributed by atoms with Crippen molar-refractivity contribution in [2.75, 3.05) is 11.9 Å². The van der Waals surface area contributed by atoms with E-state index in [2.05, 4.69) is 33.7 Å². The summed E-state index contributed by atoms with van der Waals surface area (Å²) in [7, 11) is 0. The van der Waals surface area contributed by atoms with Gasteiger partial charge in [0.25, 0.3) is 5.91 Å². The molecule has 2 rings (SSSR count). The molecule has 146 valence electrons. The number of amides is 1. The Balaban J connectivity index is 2.38. The van der Waals surface area contributed by atoms with E-state index in [1.165, 1.54) is 6.08 Å². The van der Waals surface area contributed by atoms with E-state index in [1.807, 2.05) is 12.1 Å². The second-order valence-electron chi connectivity index (χ2n) is 6.01. The van der Waals surface area contributed by atoms with Crippen molar-refractivity contribution in [1.29, 1.82) is 5.26 Å². The Kier molecular flexibility index (Phi) is 8.09. The summed E-state index contributed by atoms with van der Waals surface area (Å²) >= 11 is 9.55. The number of ether oxygens (including phenoxy) is 1. The lowest BCUT2D eigenvalue weighted by Crippen LogP contribution is -2.14. The number of benzene rings is 2. The molecule has 0 fully saturated rings. The number of nitriles is 1. The molecule has 1 amide bonds. The van der Waals surface area contributed by atoms with Crippen molar-refractivity contribution in [2.24, 2.45) is 0 Å². The summed E-state index contributed by atoms with van der Waals surface area (Å²) in [5, 5.41) is 12.8. The van der Waals surface area contributed by atoms with Gasteiger partial charge in [0.05, 0.1) is 4.47 Å². The molecule has 0 unspecified atom stereocenters. The van der Waals surface area contributed by atoms with E-state index in [9.17, 15) is 10.1 Å². The van der Waals surface area contributed by atoms with Crippen LogP contribution in [0, 0.1) is 30.6 Å². The van der Waals surface area contributed by atoms with Crippen LogP contribution in [0.25, 0.3) is 6.08 Å². The van der Waals surface area contributed by atoms with E-state index in [1.54, 1.807) is 37.3 Å². The quantitative estimate of drug-likeness (QED) is 0.245. The van der Waals surface area contributed by atoms with Gasteiger partial charge in [-0.25, -0.2) is 0 Å². The van der Waals surface area contributed by atoms with Gasteiger partial charge >= 0.3 is 0 Å². The molecule has 0 radical (unpaired) electrons. The summed E-state index contributed by atoms with van der Waals surface area (Å²) < 4.78 is 6.27. The molecule has 0 atom stereocenters. The molecule has 1 N–H and O–H groups in total. The lowest BCUT2D eigenvalue weighted by molar-refractivity contribution is -0.112. The molecule has 29 heavy (non-hydrogen) atoms. The van der Waals surface area contributed by atoms with Gasteiger partial charge in [-0.2, -0.15) is 5.26 Å². The van der Waals surface area contributed by atoms with E-state index >= 15 is 0 Å². The molecule has 0 spiro atoms. The number of halogens is 2. The third-order valence-electron chi connectivity index (χ3n) is 4.00. The zero-order valence-electron chi connectivity index (χ0n) is 15.8. The smallest absolute Gasteiger partial charge is 0.266 e. The average Bonchev–Trinajstić information content (AvgIpc) is 2.69. The normalized spacial score (nSPS) is 10.6. The van der Waals surface area contributed by atoms with Gasteiger partial charge in [0.2, 0.25) is 0 Å². The minimum atomic E-state index is -0.521. The first kappa shape index (κ1) is 22.3. The van der Waals surface area contributed by atoms with Crippen LogP contribution in [0.5, 0.6) is 5.75 Å². The number of nitrogens with zero attached hydrogens (tertiary/aromatic N) is 1. The molecular formula is C23H18BrClN2O2. The second-order valence-corrected chi connectivity index (χ2v) is 7.27. The number of carbonyl (C=O) groups excluding carboxylic acids is 1. The highest BCUT2D eigenvalue weighted by Gasteiger charge is 2.14. The van der Waals surface area contributed by atoms with Gasteiger partial charge in [-0.15, -0.1) is 13.0 Å². The summed E-state index contributed by atoms with van der Waals surface area (Å²) in [6, 6.07) is 10.7. The number of carbonyl (C=O) groups is 1. The highest BCUT2D eigenvalue weighted by Crippen LogP contribution is 2.32. The molecule has 2 aromatic rings. The third kappa shape index (κ3) is 5.74. The van der Waals surface area contributed by atoms with Gasteiger partial charge in [0.15, 0.2) is 0 Å². The van der Waals surface area contributed by atoms with Gasteiger partial charge in [-0.05, 0) is 76.3 Å². The van der Waals surface area contributed by atoms with Crippen LogP contribution in [0.15, 0.2) is 53.0 Å². The molecule has 0 saturated carbocycles. The lowest BCUT2D eigenvalue weighted by atomic mass is 10.0. The first-order valence-corrected chi connectivity index (χ1v) is 9.76. The molecule has 0 aliphatic carbocycles. The second kappa shape index (κ2) is 10.5. The van der Waals surface area contributed by atoms with Gasteiger partial charge < -0.3 is 10.1 Å². The number of hydrogen-bond donors (Lipinski definition) is 1. The van der Waals surface area contributed by atoms with Crippen molar-refractivity contribution in [2.45, 2.75) is 13.3 Å². The number of allylic oxidation sites excluding steroid dienone is 1. The zero-order valence-corrected chi connectivity index (χ0v) is 18.1. The molecule has 4 nitrogen and oxygen atoms in total. The minimum Gasteiger partial charge on any atom is -0.479 e. The Bertz CT molecular complexity index is 1060. The number of nitrogens with one attached hydrogen (secondary N) is 1. The summed E-state index contributed by atoms with van der Waals surface area (Å²) in [4.78, 5) is 12.6. The van der Waals surface area contributed by atoms with Crippen LogP contribution in [0.2, 0.25) is 5.02 Å². The largest absolute Gasteiger partial charge is 0.479 e. The van der Waals surface area contributed by atoms with Crippen LogP contribution >= 0.6 is 27.5 Å². The fourth-order valence-corrected chi connectivity index (χ4v) is 3.40. The van der Waals surface area contributed by atoms with Crippen LogP contribution in [0.1, 0.15) is 16.7 Å². The molecular weight excluding hydrogens is 452 g/mol. The SMILES string of the molecule is C#CCOc1c(Br)cc(/C=C(/C#N)C(=O)Nc2cccc(Cl)c2C)cc1CC=C. The Hall–Kier alpha value is -2.99. The molecule has 6 heteroatoms. The standard InChI is InChI=1S/C23H18BrClN2O2/c1-4-7-17-11-16(13-19(24)22(17)29-10-5-2)12-18(14-26)23(28)27-21-9-6-8-20(25)15(21)3/h2,4,6,8-9,11-13H,1,7,10H2,3H3,(H,27,28)/b18-12-. The zero-order chi connectivity index (χ0) is 21.4. The molecule has 0 bridgehead atoms. The van der Waals surface area contributed by atoms with E-state index in [0.29, 0.717) is 32.9 Å². The van der Waals surface area contributed by atoms with E-state index in [-0.39, 0.29) is 12.2 Å². The molecule has 0 heterocycles. The van der Waals surface area contributed by atoms with Crippen LogP contribution in [-0.4, -0.2) is 12.5 Å². The van der Waals surface area contributed by atoms with Crippen LogP contribution in [0.3, 0.4) is 0 Å². The van der Waals surface area contributed by atoms with Crippen molar-refractivity contribution in [3.63, 3.8) is 0 Å². The third-order valence-corrected chi connectivity index (χ3v) is 5.00. The summed E-state index contributed by atoms with van der Waals surface area (Å²) in [6.45, 7) is 5.67. The fourth-order valence-electron chi connectivity index (χ4n) is 2.59. The summed E-state index contributed by atoms with van der Waals surface area (Å²) in [6.07, 6.45) is 9.06. The van der Waals surface area contributed by atoms with Gasteiger partial charge in [-0.3, -0.25) is 4.79 Å². The predicted octanol–water partition coefficient (Wildman–Crippen LogP) is 5.70. The number of rotatable bonds is 7. The first-order valence-electron chi connectivity index (χ1n) is 8.59. The van der Waals surface area contributed by atoms with Crippen LogP contribution < -0.4 is 10.1 Å². The topological polar surface area (TPSA) is 62.1 Å². The molecule has 0 aliphatic rings.